The van der Waals surface area contributed by atoms with Crippen molar-refractivity contribution >= 4 is 16.8 Å². The second-order valence-corrected chi connectivity index (χ2v) is 6.45. The van der Waals surface area contributed by atoms with Crippen LogP contribution in [0.15, 0.2) is 54.6 Å². The molecule has 0 saturated carbocycles. The number of rotatable bonds is 6. The van der Waals surface area contributed by atoms with Crippen molar-refractivity contribution in [3.63, 3.8) is 0 Å². The number of aryl methyl sites for hydroxylation is 2. The molecule has 0 aliphatic rings. The average Bonchev–Trinajstić information content (AvgIpc) is 2.66. The third-order valence-corrected chi connectivity index (χ3v) is 4.45. The first-order valence-corrected chi connectivity index (χ1v) is 8.94. The normalized spacial score (nSPS) is 12.0. The Morgan fingerprint density at radius 1 is 1.12 bits per heavy atom. The van der Waals surface area contributed by atoms with E-state index in [2.05, 4.69) is 41.5 Å². The summed E-state index contributed by atoms with van der Waals surface area (Å²) in [4.78, 5) is 16.8. The van der Waals surface area contributed by atoms with Gasteiger partial charge in [-0.1, -0.05) is 49.4 Å². The molecule has 26 heavy (non-hydrogen) atoms. The number of carbonyl (C=O) groups excluding carboxylic acids is 1. The van der Waals surface area contributed by atoms with E-state index in [0.29, 0.717) is 5.75 Å². The fraction of sp³-hybridized carbons (Fsp3) is 0.273. The number of ether oxygens (including phenoxy) is 1. The minimum atomic E-state index is -0.151. The van der Waals surface area contributed by atoms with Crippen LogP contribution in [0.25, 0.3) is 10.9 Å². The lowest BCUT2D eigenvalue weighted by molar-refractivity contribution is -0.123. The summed E-state index contributed by atoms with van der Waals surface area (Å²) in [6.45, 7) is 6.00. The smallest absolute Gasteiger partial charge is 0.258 e. The lowest BCUT2D eigenvalue weighted by atomic mass is 10.1. The summed E-state index contributed by atoms with van der Waals surface area (Å²) in [6, 6.07) is 17.9. The average molecular weight is 348 g/mol. The summed E-state index contributed by atoms with van der Waals surface area (Å²) in [5.41, 5.74) is 4.07. The van der Waals surface area contributed by atoms with Crippen molar-refractivity contribution in [2.45, 2.75) is 33.2 Å². The van der Waals surface area contributed by atoms with E-state index in [4.69, 9.17) is 4.74 Å². The maximum Gasteiger partial charge on any atom is 0.258 e. The molecule has 0 aliphatic heterocycles. The summed E-state index contributed by atoms with van der Waals surface area (Å²) < 4.78 is 5.73. The third kappa shape index (κ3) is 4.20. The molecular formula is C22H24N2O2. The highest BCUT2D eigenvalue weighted by molar-refractivity contribution is 5.85. The Morgan fingerprint density at radius 2 is 1.88 bits per heavy atom. The molecule has 4 heteroatoms. The van der Waals surface area contributed by atoms with Crippen LogP contribution in [-0.4, -0.2) is 17.5 Å². The second-order valence-electron chi connectivity index (χ2n) is 6.45. The molecule has 3 rings (SSSR count). The number of fused-ring (bicyclic) bond motifs is 1. The highest BCUT2D eigenvalue weighted by Gasteiger charge is 2.11. The number of benzene rings is 2. The third-order valence-electron chi connectivity index (χ3n) is 4.45. The molecular weight excluding hydrogens is 324 g/mol. The molecule has 0 radical (unpaired) electrons. The lowest BCUT2D eigenvalue weighted by Crippen LogP contribution is -2.31. The number of aromatic nitrogens is 1. The summed E-state index contributed by atoms with van der Waals surface area (Å²) in [7, 11) is 0. The zero-order valence-electron chi connectivity index (χ0n) is 15.5. The summed E-state index contributed by atoms with van der Waals surface area (Å²) in [5, 5.41) is 3.98. The number of hydrogen-bond donors (Lipinski definition) is 1. The molecule has 2 aromatic carbocycles. The molecule has 0 unspecified atom stereocenters. The molecule has 4 nitrogen and oxygen atoms in total. The monoisotopic (exact) mass is 348 g/mol. The highest BCUT2D eigenvalue weighted by atomic mass is 16.5. The van der Waals surface area contributed by atoms with Gasteiger partial charge in [-0.15, -0.1) is 0 Å². The Balaban J connectivity index is 1.62. The van der Waals surface area contributed by atoms with Crippen LogP contribution >= 0.6 is 0 Å². The molecule has 0 fully saturated rings. The minimum absolute atomic E-state index is 0.0356. The maximum atomic E-state index is 12.3. The lowest BCUT2D eigenvalue weighted by Gasteiger charge is -2.15. The predicted octanol–water partition coefficient (Wildman–Crippen LogP) is 4.36. The minimum Gasteiger partial charge on any atom is -0.481 e. The van der Waals surface area contributed by atoms with Gasteiger partial charge < -0.3 is 10.1 Å². The Hall–Kier alpha value is -2.88. The molecule has 0 aliphatic carbocycles. The standard InChI is InChI=1S/C22H24N2O2/c1-4-17-9-12-18(13-10-17)16(3)24-21(25)14-26-20-7-5-6-19-11-8-15(2)23-22(19)20/h5-13,16H,4,14H2,1-3H3,(H,24,25)/t16-/m0/s1. The molecule has 1 heterocycles. The van der Waals surface area contributed by atoms with Crippen molar-refractivity contribution < 1.29 is 9.53 Å². The number of amides is 1. The number of nitrogens with one attached hydrogen (secondary N) is 1. The zero-order valence-corrected chi connectivity index (χ0v) is 15.5. The molecule has 1 N–H and O–H groups in total. The molecule has 0 saturated heterocycles. The van der Waals surface area contributed by atoms with E-state index >= 15 is 0 Å². The number of para-hydroxylation sites is 1. The molecule has 1 atom stereocenters. The Kier molecular flexibility index (Phi) is 5.52. The van der Waals surface area contributed by atoms with Crippen LogP contribution in [0.1, 0.15) is 36.7 Å². The van der Waals surface area contributed by atoms with Gasteiger partial charge in [0.1, 0.15) is 11.3 Å². The summed E-state index contributed by atoms with van der Waals surface area (Å²) in [5.74, 6) is 0.475. The SMILES string of the molecule is CCc1ccc([C@H](C)NC(=O)COc2cccc3ccc(C)nc23)cc1. The van der Waals surface area contributed by atoms with Crippen LogP contribution in [0.2, 0.25) is 0 Å². The van der Waals surface area contributed by atoms with Gasteiger partial charge >= 0.3 is 0 Å². The number of pyridine rings is 1. The Bertz CT molecular complexity index is 904. The van der Waals surface area contributed by atoms with Crippen LogP contribution in [0.4, 0.5) is 0 Å². The van der Waals surface area contributed by atoms with Crippen molar-refractivity contribution in [1.29, 1.82) is 0 Å². The molecule has 1 aromatic heterocycles. The molecule has 1 amide bonds. The first-order chi connectivity index (χ1) is 12.6. The van der Waals surface area contributed by atoms with Gasteiger partial charge in [0.05, 0.1) is 6.04 Å². The molecule has 0 bridgehead atoms. The zero-order chi connectivity index (χ0) is 18.5. The second kappa shape index (κ2) is 8.00. The van der Waals surface area contributed by atoms with E-state index in [-0.39, 0.29) is 18.6 Å². The fourth-order valence-electron chi connectivity index (χ4n) is 2.89. The van der Waals surface area contributed by atoms with Crippen molar-refractivity contribution in [2.24, 2.45) is 0 Å². The van der Waals surface area contributed by atoms with Gasteiger partial charge in [-0.25, -0.2) is 4.98 Å². The van der Waals surface area contributed by atoms with Crippen LogP contribution in [0.5, 0.6) is 5.75 Å². The fourth-order valence-corrected chi connectivity index (χ4v) is 2.89. The van der Waals surface area contributed by atoms with Crippen molar-refractivity contribution in [3.05, 3.63) is 71.4 Å². The van der Waals surface area contributed by atoms with Gasteiger partial charge in [0.2, 0.25) is 0 Å². The largest absolute Gasteiger partial charge is 0.481 e. The van der Waals surface area contributed by atoms with Crippen LogP contribution in [-0.2, 0) is 11.2 Å². The predicted molar refractivity (Wildman–Crippen MR) is 104 cm³/mol. The van der Waals surface area contributed by atoms with Crippen molar-refractivity contribution in [2.75, 3.05) is 6.61 Å². The van der Waals surface area contributed by atoms with Crippen LogP contribution < -0.4 is 10.1 Å². The number of hydrogen-bond acceptors (Lipinski definition) is 3. The highest BCUT2D eigenvalue weighted by Crippen LogP contribution is 2.24. The molecule has 3 aromatic rings. The quantitative estimate of drug-likeness (QED) is 0.720. The van der Waals surface area contributed by atoms with E-state index < -0.39 is 0 Å². The number of carbonyl (C=O) groups is 1. The van der Waals surface area contributed by atoms with E-state index in [0.717, 1.165) is 28.6 Å². The van der Waals surface area contributed by atoms with E-state index in [1.807, 2.05) is 44.2 Å². The van der Waals surface area contributed by atoms with Gasteiger partial charge in [-0.05, 0) is 43.5 Å². The summed E-state index contributed by atoms with van der Waals surface area (Å²) in [6.07, 6.45) is 1.01. The van der Waals surface area contributed by atoms with Crippen molar-refractivity contribution in [1.82, 2.24) is 10.3 Å². The molecule has 134 valence electrons. The van der Waals surface area contributed by atoms with Gasteiger partial charge in [0.25, 0.3) is 5.91 Å². The Labute approximate surface area is 154 Å². The van der Waals surface area contributed by atoms with Gasteiger partial charge in [-0.2, -0.15) is 0 Å². The van der Waals surface area contributed by atoms with Gasteiger partial charge in [-0.3, -0.25) is 4.79 Å². The first kappa shape index (κ1) is 17.9. The topological polar surface area (TPSA) is 51.2 Å². The Morgan fingerprint density at radius 3 is 2.62 bits per heavy atom. The van der Waals surface area contributed by atoms with Crippen LogP contribution in [0, 0.1) is 6.92 Å². The van der Waals surface area contributed by atoms with Crippen LogP contribution in [0.3, 0.4) is 0 Å². The summed E-state index contributed by atoms with van der Waals surface area (Å²) >= 11 is 0. The van der Waals surface area contributed by atoms with E-state index in [9.17, 15) is 4.79 Å². The van der Waals surface area contributed by atoms with Crippen molar-refractivity contribution in [3.8, 4) is 5.75 Å². The van der Waals surface area contributed by atoms with E-state index in [1.165, 1.54) is 5.56 Å². The van der Waals surface area contributed by atoms with Gasteiger partial charge in [0.15, 0.2) is 6.61 Å². The van der Waals surface area contributed by atoms with Gasteiger partial charge in [0, 0.05) is 11.1 Å². The maximum absolute atomic E-state index is 12.3. The first-order valence-electron chi connectivity index (χ1n) is 8.94. The number of nitrogens with zero attached hydrogens (tertiary/aromatic N) is 1. The molecule has 0 spiro atoms. The van der Waals surface area contributed by atoms with E-state index in [1.54, 1.807) is 0 Å².